The third kappa shape index (κ3) is 3.03. The summed E-state index contributed by atoms with van der Waals surface area (Å²) in [6, 6.07) is 3.57. The lowest BCUT2D eigenvalue weighted by atomic mass is 10.0. The van der Waals surface area contributed by atoms with Gasteiger partial charge in [0.15, 0.2) is 0 Å². The topological polar surface area (TPSA) is 53.7 Å². The Morgan fingerprint density at radius 3 is 1.94 bits per heavy atom. The molecule has 0 aromatic heterocycles. The molecule has 0 heterocycles. The Balaban J connectivity index is 3.23. The minimum Gasteiger partial charge on any atom is -0.496 e. The second kappa shape index (κ2) is 6.35. The molecule has 0 unspecified atom stereocenters. The van der Waals surface area contributed by atoms with Gasteiger partial charge in [-0.1, -0.05) is 13.3 Å². The van der Waals surface area contributed by atoms with Gasteiger partial charge in [0, 0.05) is 18.2 Å². The Hall–Kier alpha value is -1.42. The second-order valence-electron chi connectivity index (χ2n) is 3.84. The summed E-state index contributed by atoms with van der Waals surface area (Å²) in [6.45, 7) is 2.10. The molecule has 0 fully saturated rings. The number of nitrogens with two attached hydrogens (primary N) is 1. The summed E-state index contributed by atoms with van der Waals surface area (Å²) in [5.41, 5.74) is 7.05. The van der Waals surface area contributed by atoms with E-state index in [1.165, 1.54) is 0 Å². The Labute approximate surface area is 103 Å². The standard InChI is InChI=1S/C13H21NO3/c1-5-6-10(14)13-11(16-3)7-9(15-2)8-12(13)17-4/h7-8,10H,5-6,14H2,1-4H3/t10-/m0/s1. The fourth-order valence-corrected chi connectivity index (χ4v) is 1.85. The minimum atomic E-state index is -0.0872. The highest BCUT2D eigenvalue weighted by molar-refractivity contribution is 5.52. The monoisotopic (exact) mass is 239 g/mol. The van der Waals surface area contributed by atoms with Gasteiger partial charge in [-0.15, -0.1) is 0 Å². The number of hydrogen-bond donors (Lipinski definition) is 1. The fourth-order valence-electron chi connectivity index (χ4n) is 1.85. The van der Waals surface area contributed by atoms with Gasteiger partial charge in [-0.05, 0) is 6.42 Å². The van der Waals surface area contributed by atoms with Gasteiger partial charge in [0.1, 0.15) is 17.2 Å². The molecule has 0 saturated heterocycles. The van der Waals surface area contributed by atoms with Crippen LogP contribution in [0.1, 0.15) is 31.4 Å². The molecule has 0 amide bonds. The van der Waals surface area contributed by atoms with Crippen LogP contribution in [0.15, 0.2) is 12.1 Å². The summed E-state index contributed by atoms with van der Waals surface area (Å²) in [6.07, 6.45) is 1.90. The smallest absolute Gasteiger partial charge is 0.131 e. The second-order valence-corrected chi connectivity index (χ2v) is 3.84. The van der Waals surface area contributed by atoms with Crippen LogP contribution >= 0.6 is 0 Å². The van der Waals surface area contributed by atoms with Crippen LogP contribution in [0, 0.1) is 0 Å². The fraction of sp³-hybridized carbons (Fsp3) is 0.538. The predicted octanol–water partition coefficient (Wildman–Crippen LogP) is 2.51. The highest BCUT2D eigenvalue weighted by Crippen LogP contribution is 2.38. The summed E-state index contributed by atoms with van der Waals surface area (Å²) in [5, 5.41) is 0. The van der Waals surface area contributed by atoms with Crippen LogP contribution in [0.3, 0.4) is 0 Å². The number of hydrogen-bond acceptors (Lipinski definition) is 4. The molecule has 4 heteroatoms. The Morgan fingerprint density at radius 1 is 1.06 bits per heavy atom. The molecule has 0 aliphatic carbocycles. The van der Waals surface area contributed by atoms with E-state index in [1.807, 2.05) is 12.1 Å². The first kappa shape index (κ1) is 13.6. The molecule has 17 heavy (non-hydrogen) atoms. The lowest BCUT2D eigenvalue weighted by molar-refractivity contribution is 0.362. The van der Waals surface area contributed by atoms with Crippen LogP contribution in [-0.2, 0) is 0 Å². The summed E-state index contributed by atoms with van der Waals surface area (Å²) < 4.78 is 15.9. The third-order valence-corrected chi connectivity index (χ3v) is 2.72. The van der Waals surface area contributed by atoms with Crippen molar-refractivity contribution in [1.29, 1.82) is 0 Å². The zero-order valence-electron chi connectivity index (χ0n) is 10.9. The van der Waals surface area contributed by atoms with Crippen molar-refractivity contribution in [2.45, 2.75) is 25.8 Å². The molecule has 4 nitrogen and oxygen atoms in total. The maximum atomic E-state index is 6.15. The van der Waals surface area contributed by atoms with E-state index >= 15 is 0 Å². The molecule has 1 rings (SSSR count). The average Bonchev–Trinajstić information content (AvgIpc) is 2.37. The van der Waals surface area contributed by atoms with E-state index in [0.717, 1.165) is 18.4 Å². The van der Waals surface area contributed by atoms with E-state index in [4.69, 9.17) is 19.9 Å². The van der Waals surface area contributed by atoms with Crippen molar-refractivity contribution in [3.63, 3.8) is 0 Å². The van der Waals surface area contributed by atoms with Gasteiger partial charge >= 0.3 is 0 Å². The molecule has 0 aliphatic rings. The molecular formula is C13H21NO3. The largest absolute Gasteiger partial charge is 0.496 e. The van der Waals surface area contributed by atoms with E-state index in [-0.39, 0.29) is 6.04 Å². The summed E-state index contributed by atoms with van der Waals surface area (Å²) in [5.74, 6) is 2.12. The van der Waals surface area contributed by atoms with E-state index in [0.29, 0.717) is 17.2 Å². The number of methoxy groups -OCH3 is 3. The molecule has 1 aromatic carbocycles. The zero-order chi connectivity index (χ0) is 12.8. The van der Waals surface area contributed by atoms with Crippen molar-refractivity contribution in [2.75, 3.05) is 21.3 Å². The highest BCUT2D eigenvalue weighted by atomic mass is 16.5. The molecule has 96 valence electrons. The van der Waals surface area contributed by atoms with Crippen molar-refractivity contribution >= 4 is 0 Å². The normalized spacial score (nSPS) is 12.1. The van der Waals surface area contributed by atoms with Gasteiger partial charge in [-0.25, -0.2) is 0 Å². The number of benzene rings is 1. The zero-order valence-corrected chi connectivity index (χ0v) is 10.9. The van der Waals surface area contributed by atoms with E-state index in [9.17, 15) is 0 Å². The molecule has 1 atom stereocenters. The number of rotatable bonds is 6. The van der Waals surface area contributed by atoms with Crippen molar-refractivity contribution in [2.24, 2.45) is 5.73 Å². The Bertz CT molecular complexity index is 341. The summed E-state index contributed by atoms with van der Waals surface area (Å²) >= 11 is 0. The first-order valence-corrected chi connectivity index (χ1v) is 5.73. The molecule has 0 spiro atoms. The maximum absolute atomic E-state index is 6.15. The first-order valence-electron chi connectivity index (χ1n) is 5.73. The van der Waals surface area contributed by atoms with E-state index < -0.39 is 0 Å². The van der Waals surface area contributed by atoms with Crippen LogP contribution in [-0.4, -0.2) is 21.3 Å². The molecule has 1 aromatic rings. The van der Waals surface area contributed by atoms with Crippen molar-refractivity contribution < 1.29 is 14.2 Å². The molecule has 0 aliphatic heterocycles. The molecule has 0 saturated carbocycles. The molecular weight excluding hydrogens is 218 g/mol. The van der Waals surface area contributed by atoms with Crippen LogP contribution in [0.5, 0.6) is 17.2 Å². The van der Waals surface area contributed by atoms with Gasteiger partial charge in [0.25, 0.3) is 0 Å². The Morgan fingerprint density at radius 2 is 1.59 bits per heavy atom. The van der Waals surface area contributed by atoms with E-state index in [2.05, 4.69) is 6.92 Å². The van der Waals surface area contributed by atoms with Gasteiger partial charge < -0.3 is 19.9 Å². The Kier molecular flexibility index (Phi) is 5.10. The SMILES string of the molecule is CCC[C@H](N)c1c(OC)cc(OC)cc1OC. The van der Waals surface area contributed by atoms with E-state index in [1.54, 1.807) is 21.3 Å². The number of ether oxygens (including phenoxy) is 3. The average molecular weight is 239 g/mol. The van der Waals surface area contributed by atoms with Gasteiger partial charge in [0.05, 0.1) is 26.9 Å². The minimum absolute atomic E-state index is 0.0872. The summed E-state index contributed by atoms with van der Waals surface area (Å²) in [4.78, 5) is 0. The predicted molar refractivity (Wildman–Crippen MR) is 67.9 cm³/mol. The molecule has 2 N–H and O–H groups in total. The van der Waals surface area contributed by atoms with Gasteiger partial charge in [0.2, 0.25) is 0 Å². The molecule has 0 bridgehead atoms. The quantitative estimate of drug-likeness (QED) is 0.828. The molecule has 0 radical (unpaired) electrons. The van der Waals surface area contributed by atoms with Crippen LogP contribution in [0.4, 0.5) is 0 Å². The van der Waals surface area contributed by atoms with Crippen molar-refractivity contribution in [3.05, 3.63) is 17.7 Å². The van der Waals surface area contributed by atoms with Crippen molar-refractivity contribution in [3.8, 4) is 17.2 Å². The third-order valence-electron chi connectivity index (χ3n) is 2.72. The summed E-state index contributed by atoms with van der Waals surface area (Å²) in [7, 11) is 4.85. The van der Waals surface area contributed by atoms with Gasteiger partial charge in [-0.2, -0.15) is 0 Å². The van der Waals surface area contributed by atoms with Crippen LogP contribution in [0.25, 0.3) is 0 Å². The van der Waals surface area contributed by atoms with Crippen LogP contribution < -0.4 is 19.9 Å². The van der Waals surface area contributed by atoms with Gasteiger partial charge in [-0.3, -0.25) is 0 Å². The highest BCUT2D eigenvalue weighted by Gasteiger charge is 2.18. The lowest BCUT2D eigenvalue weighted by Crippen LogP contribution is -2.13. The van der Waals surface area contributed by atoms with Crippen LogP contribution in [0.2, 0.25) is 0 Å². The first-order chi connectivity index (χ1) is 8.17. The lowest BCUT2D eigenvalue weighted by Gasteiger charge is -2.19. The van der Waals surface area contributed by atoms with Crippen molar-refractivity contribution in [1.82, 2.24) is 0 Å². The maximum Gasteiger partial charge on any atom is 0.131 e.